The lowest BCUT2D eigenvalue weighted by molar-refractivity contribution is 0.0730. The van der Waals surface area contributed by atoms with Gasteiger partial charge in [0, 0.05) is 0 Å². The molecule has 0 fully saturated rings. The molecule has 2 rings (SSSR count). The van der Waals surface area contributed by atoms with E-state index in [-0.39, 0.29) is 4.90 Å². The molecule has 2 aromatic rings. The molecular formula is C12H11NO4S2. The minimum Gasteiger partial charge on any atom is -0.370 e. The van der Waals surface area contributed by atoms with E-state index >= 15 is 0 Å². The lowest BCUT2D eigenvalue weighted by Gasteiger charge is -2.11. The van der Waals surface area contributed by atoms with Crippen molar-refractivity contribution < 1.29 is 18.3 Å². The zero-order chi connectivity index (χ0) is 13.9. The summed E-state index contributed by atoms with van der Waals surface area (Å²) < 4.78 is 25.7. The highest BCUT2D eigenvalue weighted by molar-refractivity contribution is 7.89. The molecule has 1 aromatic heterocycles. The van der Waals surface area contributed by atoms with E-state index < -0.39 is 22.0 Å². The van der Waals surface area contributed by atoms with Crippen LogP contribution in [0.25, 0.3) is 0 Å². The van der Waals surface area contributed by atoms with Crippen molar-refractivity contribution in [2.75, 3.05) is 0 Å². The summed E-state index contributed by atoms with van der Waals surface area (Å²) in [6.45, 7) is 0. The molecule has 0 amide bonds. The SMILES string of the molecule is O=C(c1cccs1)[C@H](O)NS(=O)(=O)c1ccccc1. The second-order valence-corrected chi connectivity index (χ2v) is 6.34. The van der Waals surface area contributed by atoms with Gasteiger partial charge in [-0.3, -0.25) is 4.79 Å². The first-order valence-electron chi connectivity index (χ1n) is 5.34. The van der Waals surface area contributed by atoms with Crippen LogP contribution in [-0.4, -0.2) is 25.5 Å². The maximum absolute atomic E-state index is 11.9. The van der Waals surface area contributed by atoms with E-state index in [2.05, 4.69) is 0 Å². The van der Waals surface area contributed by atoms with Crippen LogP contribution in [0.4, 0.5) is 0 Å². The number of aliphatic hydroxyl groups excluding tert-OH is 1. The Kier molecular flexibility index (Phi) is 4.11. The van der Waals surface area contributed by atoms with Gasteiger partial charge >= 0.3 is 0 Å². The minimum absolute atomic E-state index is 0.00645. The highest BCUT2D eigenvalue weighted by Crippen LogP contribution is 2.13. The number of carbonyl (C=O) groups is 1. The molecule has 1 atom stereocenters. The number of nitrogens with one attached hydrogen (secondary N) is 1. The fourth-order valence-corrected chi connectivity index (χ4v) is 3.16. The Hall–Kier alpha value is -1.54. The molecule has 0 saturated carbocycles. The van der Waals surface area contributed by atoms with Gasteiger partial charge in [0.2, 0.25) is 15.8 Å². The maximum atomic E-state index is 11.9. The Morgan fingerprint density at radius 1 is 1.16 bits per heavy atom. The Bertz CT molecular complexity index is 650. The van der Waals surface area contributed by atoms with Gasteiger partial charge in [-0.1, -0.05) is 24.3 Å². The standard InChI is InChI=1S/C12H11NO4S2/c14-11(10-7-4-8-18-10)12(15)13-19(16,17)9-5-2-1-3-6-9/h1-8,12-13,15H/t12-/m0/s1. The number of ketones is 1. The summed E-state index contributed by atoms with van der Waals surface area (Å²) in [4.78, 5) is 12.0. The van der Waals surface area contributed by atoms with Crippen LogP contribution in [0, 0.1) is 0 Å². The Labute approximate surface area is 114 Å². The normalized spacial score (nSPS) is 13.1. The molecule has 0 unspecified atom stereocenters. The van der Waals surface area contributed by atoms with Gasteiger partial charge in [-0.25, -0.2) is 8.42 Å². The van der Waals surface area contributed by atoms with E-state index in [1.807, 2.05) is 4.72 Å². The van der Waals surface area contributed by atoms with E-state index in [0.29, 0.717) is 4.88 Å². The second-order valence-electron chi connectivity index (χ2n) is 3.68. The van der Waals surface area contributed by atoms with Gasteiger partial charge in [0.05, 0.1) is 9.77 Å². The first kappa shape index (κ1) is 13.9. The number of benzene rings is 1. The number of hydrogen-bond acceptors (Lipinski definition) is 5. The van der Waals surface area contributed by atoms with E-state index in [1.54, 1.807) is 29.6 Å². The molecule has 1 aromatic carbocycles. The third-order valence-electron chi connectivity index (χ3n) is 2.33. The lowest BCUT2D eigenvalue weighted by atomic mass is 10.3. The number of aliphatic hydroxyl groups is 1. The Balaban J connectivity index is 2.15. The molecule has 1 heterocycles. The highest BCUT2D eigenvalue weighted by atomic mass is 32.2. The van der Waals surface area contributed by atoms with Crippen LogP contribution < -0.4 is 4.72 Å². The molecule has 100 valence electrons. The van der Waals surface area contributed by atoms with Crippen molar-refractivity contribution >= 4 is 27.1 Å². The smallest absolute Gasteiger partial charge is 0.243 e. The first-order valence-corrected chi connectivity index (χ1v) is 7.70. The zero-order valence-electron chi connectivity index (χ0n) is 9.68. The number of Topliss-reactive ketones (excluding diaryl/α,β-unsaturated/α-hetero) is 1. The third kappa shape index (κ3) is 3.27. The molecule has 19 heavy (non-hydrogen) atoms. The highest BCUT2D eigenvalue weighted by Gasteiger charge is 2.24. The van der Waals surface area contributed by atoms with Crippen LogP contribution in [0.2, 0.25) is 0 Å². The molecule has 7 heteroatoms. The summed E-state index contributed by atoms with van der Waals surface area (Å²) in [5, 5.41) is 11.3. The van der Waals surface area contributed by atoms with Crippen LogP contribution in [0.15, 0.2) is 52.7 Å². The summed E-state index contributed by atoms with van der Waals surface area (Å²) in [5.74, 6) is -0.672. The molecule has 0 aliphatic heterocycles. The quantitative estimate of drug-likeness (QED) is 0.642. The molecule has 0 aliphatic carbocycles. The molecule has 0 aliphatic rings. The maximum Gasteiger partial charge on any atom is 0.243 e. The number of carbonyl (C=O) groups excluding carboxylic acids is 1. The van der Waals surface area contributed by atoms with Crippen LogP contribution in [-0.2, 0) is 10.0 Å². The summed E-state index contributed by atoms with van der Waals surface area (Å²) >= 11 is 1.14. The third-order valence-corrected chi connectivity index (χ3v) is 4.64. The summed E-state index contributed by atoms with van der Waals surface area (Å²) in [7, 11) is -3.91. The van der Waals surface area contributed by atoms with Crippen molar-refractivity contribution in [3.8, 4) is 0 Å². The topological polar surface area (TPSA) is 83.5 Å². The Morgan fingerprint density at radius 3 is 2.42 bits per heavy atom. The summed E-state index contributed by atoms with van der Waals surface area (Å²) in [6, 6.07) is 10.7. The van der Waals surface area contributed by atoms with Crippen molar-refractivity contribution in [2.24, 2.45) is 0 Å². The number of rotatable bonds is 5. The zero-order valence-corrected chi connectivity index (χ0v) is 11.3. The average Bonchev–Trinajstić information content (AvgIpc) is 2.92. The summed E-state index contributed by atoms with van der Waals surface area (Å²) in [6.07, 6.45) is -1.79. The molecule has 0 bridgehead atoms. The molecule has 0 radical (unpaired) electrons. The van der Waals surface area contributed by atoms with Gasteiger partial charge in [0.15, 0.2) is 6.23 Å². The predicted molar refractivity (Wildman–Crippen MR) is 71.4 cm³/mol. The Morgan fingerprint density at radius 2 is 1.84 bits per heavy atom. The fourth-order valence-electron chi connectivity index (χ4n) is 1.42. The van der Waals surface area contributed by atoms with Gasteiger partial charge in [0.1, 0.15) is 0 Å². The van der Waals surface area contributed by atoms with Gasteiger partial charge in [-0.15, -0.1) is 11.3 Å². The van der Waals surface area contributed by atoms with Gasteiger partial charge in [-0.05, 0) is 23.6 Å². The first-order chi connectivity index (χ1) is 9.00. The molecule has 2 N–H and O–H groups in total. The average molecular weight is 297 g/mol. The number of hydrogen-bond donors (Lipinski definition) is 2. The van der Waals surface area contributed by atoms with Gasteiger partial charge in [-0.2, -0.15) is 4.72 Å². The van der Waals surface area contributed by atoms with E-state index in [0.717, 1.165) is 11.3 Å². The minimum atomic E-state index is -3.91. The van der Waals surface area contributed by atoms with Crippen molar-refractivity contribution in [3.63, 3.8) is 0 Å². The van der Waals surface area contributed by atoms with E-state index in [4.69, 9.17) is 0 Å². The van der Waals surface area contributed by atoms with Crippen LogP contribution >= 0.6 is 11.3 Å². The molecule has 0 saturated heterocycles. The molecule has 5 nitrogen and oxygen atoms in total. The molecule has 0 spiro atoms. The predicted octanol–water partition coefficient (Wildman–Crippen LogP) is 1.23. The van der Waals surface area contributed by atoms with Gasteiger partial charge < -0.3 is 5.11 Å². The van der Waals surface area contributed by atoms with Gasteiger partial charge in [0.25, 0.3) is 0 Å². The van der Waals surface area contributed by atoms with Crippen molar-refractivity contribution in [1.82, 2.24) is 4.72 Å². The van der Waals surface area contributed by atoms with Crippen molar-refractivity contribution in [3.05, 3.63) is 52.7 Å². The number of sulfonamides is 1. The summed E-state index contributed by atoms with van der Waals surface area (Å²) in [5.41, 5.74) is 0. The number of thiophene rings is 1. The largest absolute Gasteiger partial charge is 0.370 e. The van der Waals surface area contributed by atoms with E-state index in [9.17, 15) is 18.3 Å². The fraction of sp³-hybridized carbons (Fsp3) is 0.0833. The van der Waals surface area contributed by atoms with E-state index in [1.165, 1.54) is 18.2 Å². The van der Waals surface area contributed by atoms with Crippen molar-refractivity contribution in [2.45, 2.75) is 11.1 Å². The van der Waals surface area contributed by atoms with Crippen LogP contribution in [0.3, 0.4) is 0 Å². The van der Waals surface area contributed by atoms with Crippen LogP contribution in [0.5, 0.6) is 0 Å². The van der Waals surface area contributed by atoms with Crippen LogP contribution in [0.1, 0.15) is 9.67 Å². The molecular weight excluding hydrogens is 286 g/mol. The monoisotopic (exact) mass is 297 g/mol. The lowest BCUT2D eigenvalue weighted by Crippen LogP contribution is -2.40. The van der Waals surface area contributed by atoms with Crippen molar-refractivity contribution in [1.29, 1.82) is 0 Å². The second kappa shape index (κ2) is 5.62.